The third-order valence-electron chi connectivity index (χ3n) is 1.28. The van der Waals surface area contributed by atoms with E-state index in [4.69, 9.17) is 10.5 Å². The maximum atomic E-state index is 5.43. The summed E-state index contributed by atoms with van der Waals surface area (Å²) in [5.74, 6) is 0.535. The van der Waals surface area contributed by atoms with Crippen LogP contribution in [0.3, 0.4) is 0 Å². The number of nitrogens with zero attached hydrogens (tertiary/aromatic N) is 2. The minimum Gasteiger partial charge on any atom is -0.474 e. The van der Waals surface area contributed by atoms with Gasteiger partial charge >= 0.3 is 0 Å². The molecular formula is C8H13N3O. The summed E-state index contributed by atoms with van der Waals surface area (Å²) in [4.78, 5) is 0. The first kappa shape index (κ1) is 8.93. The van der Waals surface area contributed by atoms with Gasteiger partial charge in [0.1, 0.15) is 0 Å². The zero-order chi connectivity index (χ0) is 8.97. The predicted octanol–water partition coefficient (Wildman–Crippen LogP) is 0.723. The number of hydrogen-bond donors (Lipinski definition) is 1. The van der Waals surface area contributed by atoms with E-state index >= 15 is 0 Å². The molecule has 0 spiro atoms. The fraction of sp³-hybridized carbons (Fsp3) is 0.500. The van der Waals surface area contributed by atoms with Gasteiger partial charge in [-0.15, -0.1) is 5.10 Å². The minimum absolute atomic E-state index is 0.118. The standard InChI is InChI=1S/C8H13N3O/c1-6(2)12-8-3-7(4-9)5-10-11-8/h3,5-6H,4,9H2,1-2H3. The van der Waals surface area contributed by atoms with Crippen molar-refractivity contribution in [3.8, 4) is 5.88 Å². The van der Waals surface area contributed by atoms with Crippen molar-refractivity contribution in [3.63, 3.8) is 0 Å². The molecule has 0 radical (unpaired) electrons. The van der Waals surface area contributed by atoms with E-state index in [2.05, 4.69) is 10.2 Å². The van der Waals surface area contributed by atoms with Crippen molar-refractivity contribution in [3.05, 3.63) is 17.8 Å². The number of aromatic nitrogens is 2. The number of ether oxygens (including phenoxy) is 1. The Labute approximate surface area is 71.8 Å². The molecule has 0 aliphatic rings. The van der Waals surface area contributed by atoms with E-state index in [0.717, 1.165) is 5.56 Å². The second kappa shape index (κ2) is 4.01. The molecule has 0 bridgehead atoms. The lowest BCUT2D eigenvalue weighted by atomic mass is 10.3. The Balaban J connectivity index is 2.72. The van der Waals surface area contributed by atoms with E-state index in [1.807, 2.05) is 13.8 Å². The normalized spacial score (nSPS) is 10.3. The van der Waals surface area contributed by atoms with Crippen LogP contribution in [-0.2, 0) is 6.54 Å². The van der Waals surface area contributed by atoms with Crippen LogP contribution in [0.15, 0.2) is 12.3 Å². The average Bonchev–Trinajstić information content (AvgIpc) is 2.03. The molecule has 12 heavy (non-hydrogen) atoms. The molecule has 1 aromatic heterocycles. The van der Waals surface area contributed by atoms with Crippen molar-refractivity contribution in [2.45, 2.75) is 26.5 Å². The van der Waals surface area contributed by atoms with E-state index in [1.54, 1.807) is 12.3 Å². The zero-order valence-electron chi connectivity index (χ0n) is 7.32. The van der Waals surface area contributed by atoms with Crippen LogP contribution >= 0.6 is 0 Å². The van der Waals surface area contributed by atoms with Gasteiger partial charge in [-0.1, -0.05) is 0 Å². The first-order chi connectivity index (χ1) is 5.72. The molecule has 66 valence electrons. The molecule has 0 unspecified atom stereocenters. The van der Waals surface area contributed by atoms with Crippen molar-refractivity contribution in [1.29, 1.82) is 0 Å². The van der Waals surface area contributed by atoms with Gasteiger partial charge in [0.2, 0.25) is 5.88 Å². The monoisotopic (exact) mass is 167 g/mol. The molecule has 0 aromatic carbocycles. The van der Waals surface area contributed by atoms with Gasteiger partial charge in [0.05, 0.1) is 12.3 Å². The molecule has 0 fully saturated rings. The lowest BCUT2D eigenvalue weighted by Crippen LogP contribution is -2.08. The lowest BCUT2D eigenvalue weighted by Gasteiger charge is -2.07. The van der Waals surface area contributed by atoms with Crippen LogP contribution in [0.5, 0.6) is 5.88 Å². The van der Waals surface area contributed by atoms with Crippen molar-refractivity contribution in [2.75, 3.05) is 0 Å². The Morgan fingerprint density at radius 1 is 1.58 bits per heavy atom. The Hall–Kier alpha value is -1.16. The van der Waals surface area contributed by atoms with Crippen LogP contribution in [0, 0.1) is 0 Å². The predicted molar refractivity (Wildman–Crippen MR) is 45.7 cm³/mol. The summed E-state index contributed by atoms with van der Waals surface area (Å²) in [5.41, 5.74) is 6.36. The van der Waals surface area contributed by atoms with Crippen LogP contribution in [0.2, 0.25) is 0 Å². The summed E-state index contributed by atoms with van der Waals surface area (Å²) in [6.07, 6.45) is 1.75. The van der Waals surface area contributed by atoms with Crippen LogP contribution < -0.4 is 10.5 Å². The second-order valence-corrected chi connectivity index (χ2v) is 2.77. The number of hydrogen-bond acceptors (Lipinski definition) is 4. The summed E-state index contributed by atoms with van der Waals surface area (Å²) in [6, 6.07) is 1.80. The smallest absolute Gasteiger partial charge is 0.233 e. The van der Waals surface area contributed by atoms with Crippen molar-refractivity contribution in [2.24, 2.45) is 5.73 Å². The molecule has 1 aromatic rings. The summed E-state index contributed by atoms with van der Waals surface area (Å²) in [7, 11) is 0. The topological polar surface area (TPSA) is 61.0 Å². The average molecular weight is 167 g/mol. The highest BCUT2D eigenvalue weighted by molar-refractivity contribution is 5.16. The molecule has 0 aliphatic carbocycles. The van der Waals surface area contributed by atoms with Crippen molar-refractivity contribution >= 4 is 0 Å². The van der Waals surface area contributed by atoms with Gasteiger partial charge in [-0.05, 0) is 19.4 Å². The third-order valence-corrected chi connectivity index (χ3v) is 1.28. The van der Waals surface area contributed by atoms with Crippen LogP contribution in [0.25, 0.3) is 0 Å². The third kappa shape index (κ3) is 2.47. The largest absolute Gasteiger partial charge is 0.474 e. The summed E-state index contributed by atoms with van der Waals surface area (Å²) < 4.78 is 5.33. The van der Waals surface area contributed by atoms with Gasteiger partial charge in [0, 0.05) is 12.6 Å². The maximum Gasteiger partial charge on any atom is 0.233 e. The quantitative estimate of drug-likeness (QED) is 0.720. The van der Waals surface area contributed by atoms with Crippen molar-refractivity contribution in [1.82, 2.24) is 10.2 Å². The highest BCUT2D eigenvalue weighted by Crippen LogP contribution is 2.08. The molecule has 4 nitrogen and oxygen atoms in total. The first-order valence-corrected chi connectivity index (χ1v) is 3.90. The van der Waals surface area contributed by atoms with Gasteiger partial charge in [-0.2, -0.15) is 5.10 Å². The Kier molecular flexibility index (Phi) is 2.99. The minimum atomic E-state index is 0.118. The highest BCUT2D eigenvalue weighted by Gasteiger charge is 1.99. The fourth-order valence-electron chi connectivity index (χ4n) is 0.795. The summed E-state index contributed by atoms with van der Waals surface area (Å²) >= 11 is 0. The molecule has 0 amide bonds. The van der Waals surface area contributed by atoms with E-state index in [-0.39, 0.29) is 6.10 Å². The van der Waals surface area contributed by atoms with E-state index in [1.165, 1.54) is 0 Å². The Morgan fingerprint density at radius 2 is 2.33 bits per heavy atom. The van der Waals surface area contributed by atoms with Gasteiger partial charge in [0.15, 0.2) is 0 Å². The van der Waals surface area contributed by atoms with Gasteiger partial charge in [-0.3, -0.25) is 0 Å². The molecule has 1 rings (SSSR count). The molecule has 0 aliphatic heterocycles. The molecule has 0 atom stereocenters. The molecule has 0 saturated carbocycles. The number of nitrogens with two attached hydrogens (primary N) is 1. The van der Waals surface area contributed by atoms with E-state index in [0.29, 0.717) is 12.4 Å². The van der Waals surface area contributed by atoms with E-state index < -0.39 is 0 Å². The van der Waals surface area contributed by atoms with E-state index in [9.17, 15) is 0 Å². The van der Waals surface area contributed by atoms with Crippen LogP contribution in [0.4, 0.5) is 0 Å². The molecule has 1 heterocycles. The van der Waals surface area contributed by atoms with Gasteiger partial charge in [-0.25, -0.2) is 0 Å². The highest BCUT2D eigenvalue weighted by atomic mass is 16.5. The zero-order valence-corrected chi connectivity index (χ0v) is 7.32. The van der Waals surface area contributed by atoms with Crippen molar-refractivity contribution < 1.29 is 4.74 Å². The second-order valence-electron chi connectivity index (χ2n) is 2.77. The molecule has 0 saturated heterocycles. The molecule has 2 N–H and O–H groups in total. The first-order valence-electron chi connectivity index (χ1n) is 3.90. The summed E-state index contributed by atoms with van der Waals surface area (Å²) in [6.45, 7) is 4.34. The van der Waals surface area contributed by atoms with Gasteiger partial charge < -0.3 is 10.5 Å². The SMILES string of the molecule is CC(C)Oc1cc(CN)cnn1. The van der Waals surface area contributed by atoms with Crippen LogP contribution in [0.1, 0.15) is 19.4 Å². The fourth-order valence-corrected chi connectivity index (χ4v) is 0.795. The molecular weight excluding hydrogens is 154 g/mol. The number of rotatable bonds is 3. The lowest BCUT2D eigenvalue weighted by molar-refractivity contribution is 0.229. The molecule has 4 heteroatoms. The Morgan fingerprint density at radius 3 is 2.92 bits per heavy atom. The summed E-state index contributed by atoms with van der Waals surface area (Å²) in [5, 5.41) is 7.55. The maximum absolute atomic E-state index is 5.43. The van der Waals surface area contributed by atoms with Gasteiger partial charge in [0.25, 0.3) is 0 Å². The Bertz CT molecular complexity index is 250. The van der Waals surface area contributed by atoms with Crippen LogP contribution in [-0.4, -0.2) is 16.3 Å².